The van der Waals surface area contributed by atoms with Crippen LogP contribution in [0.1, 0.15) is 79.9 Å². The quantitative estimate of drug-likeness (QED) is 0.437. The second kappa shape index (κ2) is 10.6. The summed E-state index contributed by atoms with van der Waals surface area (Å²) in [4.78, 5) is 16.1. The number of hydrogen-bond acceptors (Lipinski definition) is 3. The molecule has 1 saturated heterocycles. The molecule has 0 radical (unpaired) electrons. The van der Waals surface area contributed by atoms with Crippen LogP contribution in [0.25, 0.3) is 0 Å². The molecule has 2 amide bonds. The predicted molar refractivity (Wildman–Crippen MR) is 144 cm³/mol. The minimum atomic E-state index is -0.964. The zero-order chi connectivity index (χ0) is 25.2. The van der Waals surface area contributed by atoms with Crippen molar-refractivity contribution in [2.75, 3.05) is 18.8 Å². The van der Waals surface area contributed by atoms with Crippen LogP contribution >= 0.6 is 0 Å². The van der Waals surface area contributed by atoms with Gasteiger partial charge in [0.25, 0.3) is 0 Å². The van der Waals surface area contributed by atoms with Gasteiger partial charge in [0, 0.05) is 59.8 Å². The highest BCUT2D eigenvalue weighted by Crippen LogP contribution is 2.44. The Morgan fingerprint density at radius 1 is 1.06 bits per heavy atom. The van der Waals surface area contributed by atoms with Crippen LogP contribution in [0.2, 0.25) is 0 Å². The van der Waals surface area contributed by atoms with E-state index in [2.05, 4.69) is 54.2 Å². The van der Waals surface area contributed by atoms with Crippen molar-refractivity contribution in [3.05, 3.63) is 83.2 Å². The molecule has 2 heterocycles. The van der Waals surface area contributed by atoms with Crippen LogP contribution < -0.4 is 5.32 Å². The Morgan fingerprint density at radius 3 is 2.39 bits per heavy atom. The number of nitrogens with one attached hydrogen (secondary N) is 1. The van der Waals surface area contributed by atoms with Crippen LogP contribution in [-0.2, 0) is 17.3 Å². The molecule has 1 aliphatic carbocycles. The summed E-state index contributed by atoms with van der Waals surface area (Å²) in [5.41, 5.74) is 4.72. The summed E-state index contributed by atoms with van der Waals surface area (Å²) in [6, 6.07) is 20.8. The summed E-state index contributed by atoms with van der Waals surface area (Å²) in [5.74, 6) is 1.62. The van der Waals surface area contributed by atoms with E-state index in [4.69, 9.17) is 5.10 Å². The van der Waals surface area contributed by atoms with Gasteiger partial charge in [-0.2, -0.15) is 5.10 Å². The Labute approximate surface area is 216 Å². The maximum absolute atomic E-state index is 13.3. The Morgan fingerprint density at radius 2 is 1.75 bits per heavy atom. The summed E-state index contributed by atoms with van der Waals surface area (Å²) in [7, 11) is -0.964. The number of carbonyl (C=O) groups is 1. The minimum Gasteiger partial charge on any atom is -0.334 e. The second-order valence-corrected chi connectivity index (χ2v) is 12.0. The van der Waals surface area contributed by atoms with E-state index in [0.717, 1.165) is 10.5 Å². The minimum absolute atomic E-state index is 0.0438. The number of likely N-dealkylation sites (tertiary alicyclic amines) is 1. The standard InChI is InChI=1S/C29H36N4O2S/c1-4-36(35)24-14-10-21(11-15-24)17-30-29(34)32-18-25(22-8-6-5-7-9-22)26(19-32)28-16-27(23-12-13-23)31-33(28)20(2)3/h5-11,14-16,20,23,25-26H,4,12-13,17-19H2,1-3H3,(H,30,34)/t25?,26-,36?/m0/s1. The van der Waals surface area contributed by atoms with Gasteiger partial charge in [0.15, 0.2) is 0 Å². The van der Waals surface area contributed by atoms with Crippen molar-refractivity contribution in [3.63, 3.8) is 0 Å². The van der Waals surface area contributed by atoms with Crippen LogP contribution in [0, 0.1) is 0 Å². The van der Waals surface area contributed by atoms with Crippen molar-refractivity contribution in [1.29, 1.82) is 0 Å². The smallest absolute Gasteiger partial charge is 0.317 e. The molecule has 2 fully saturated rings. The SMILES string of the molecule is CCS(=O)c1ccc(CNC(=O)N2CC(c3ccccc3)[C@@H](c3cc(C4CC4)nn3C(C)C)C2)cc1. The van der Waals surface area contributed by atoms with Gasteiger partial charge in [-0.1, -0.05) is 49.4 Å². The monoisotopic (exact) mass is 504 g/mol. The lowest BCUT2D eigenvalue weighted by atomic mass is 9.86. The molecule has 1 saturated carbocycles. The Kier molecular flexibility index (Phi) is 7.28. The topological polar surface area (TPSA) is 67.2 Å². The first-order valence-corrected chi connectivity index (χ1v) is 14.4. The van der Waals surface area contributed by atoms with E-state index in [0.29, 0.717) is 31.3 Å². The van der Waals surface area contributed by atoms with Gasteiger partial charge in [-0.3, -0.25) is 8.89 Å². The molecule has 190 valence electrons. The van der Waals surface area contributed by atoms with Crippen LogP contribution in [0.15, 0.2) is 65.6 Å². The van der Waals surface area contributed by atoms with Gasteiger partial charge in [-0.25, -0.2) is 4.79 Å². The summed E-state index contributed by atoms with van der Waals surface area (Å²) >= 11 is 0. The highest BCUT2D eigenvalue weighted by atomic mass is 32.2. The molecule has 3 atom stereocenters. The zero-order valence-electron chi connectivity index (χ0n) is 21.4. The average Bonchev–Trinajstić information content (AvgIpc) is 3.50. The van der Waals surface area contributed by atoms with E-state index < -0.39 is 10.8 Å². The van der Waals surface area contributed by atoms with E-state index in [1.54, 1.807) is 0 Å². The van der Waals surface area contributed by atoms with Crippen molar-refractivity contribution in [1.82, 2.24) is 20.0 Å². The summed E-state index contributed by atoms with van der Waals surface area (Å²) in [6.07, 6.45) is 2.45. The molecule has 2 aliphatic rings. The van der Waals surface area contributed by atoms with Gasteiger partial charge in [-0.15, -0.1) is 0 Å². The van der Waals surface area contributed by atoms with Crippen LogP contribution in [0.4, 0.5) is 4.79 Å². The van der Waals surface area contributed by atoms with Gasteiger partial charge in [0.1, 0.15) is 0 Å². The molecule has 0 spiro atoms. The highest BCUT2D eigenvalue weighted by molar-refractivity contribution is 7.85. The first-order chi connectivity index (χ1) is 17.4. The van der Waals surface area contributed by atoms with Crippen molar-refractivity contribution >= 4 is 16.8 Å². The molecule has 2 aromatic carbocycles. The molecule has 7 heteroatoms. The van der Waals surface area contributed by atoms with Crippen LogP contribution in [-0.4, -0.2) is 43.8 Å². The van der Waals surface area contributed by atoms with Crippen LogP contribution in [0.5, 0.6) is 0 Å². The largest absolute Gasteiger partial charge is 0.334 e. The predicted octanol–water partition coefficient (Wildman–Crippen LogP) is 5.56. The Hall–Kier alpha value is -2.93. The molecule has 1 aromatic heterocycles. The van der Waals surface area contributed by atoms with E-state index in [-0.39, 0.29) is 23.9 Å². The number of urea groups is 1. The maximum atomic E-state index is 13.3. The van der Waals surface area contributed by atoms with Gasteiger partial charge in [0.2, 0.25) is 0 Å². The molecule has 36 heavy (non-hydrogen) atoms. The lowest BCUT2D eigenvalue weighted by Crippen LogP contribution is -2.38. The number of rotatable bonds is 8. The molecule has 0 bridgehead atoms. The third kappa shape index (κ3) is 5.26. The first-order valence-electron chi connectivity index (χ1n) is 13.1. The number of hydrogen-bond donors (Lipinski definition) is 1. The molecule has 2 unspecified atom stereocenters. The molecule has 6 nitrogen and oxygen atoms in total. The summed E-state index contributed by atoms with van der Waals surface area (Å²) < 4.78 is 14.2. The molecular weight excluding hydrogens is 468 g/mol. The van der Waals surface area contributed by atoms with Gasteiger partial charge in [-0.05, 0) is 56.0 Å². The van der Waals surface area contributed by atoms with E-state index in [9.17, 15) is 9.00 Å². The van der Waals surface area contributed by atoms with Gasteiger partial charge in [0.05, 0.1) is 16.5 Å². The third-order valence-electron chi connectivity index (χ3n) is 7.38. The fourth-order valence-corrected chi connectivity index (χ4v) is 5.99. The van der Waals surface area contributed by atoms with Crippen molar-refractivity contribution in [2.24, 2.45) is 0 Å². The van der Waals surface area contributed by atoms with Crippen molar-refractivity contribution in [3.8, 4) is 0 Å². The average molecular weight is 505 g/mol. The van der Waals surface area contributed by atoms with Gasteiger partial charge < -0.3 is 10.2 Å². The molecule has 1 N–H and O–H groups in total. The van der Waals surface area contributed by atoms with E-state index >= 15 is 0 Å². The third-order valence-corrected chi connectivity index (χ3v) is 8.70. The number of amides is 2. The van der Waals surface area contributed by atoms with Crippen molar-refractivity contribution in [2.45, 2.75) is 68.8 Å². The number of carbonyl (C=O) groups excluding carboxylic acids is 1. The summed E-state index contributed by atoms with van der Waals surface area (Å²) in [6.45, 7) is 8.08. The maximum Gasteiger partial charge on any atom is 0.317 e. The molecule has 1 aliphatic heterocycles. The highest BCUT2D eigenvalue weighted by Gasteiger charge is 2.40. The molecular formula is C29H36N4O2S. The number of aromatic nitrogens is 2. The summed E-state index contributed by atoms with van der Waals surface area (Å²) in [5, 5.41) is 8.10. The number of benzene rings is 2. The van der Waals surface area contributed by atoms with E-state index in [1.807, 2.05) is 42.2 Å². The van der Waals surface area contributed by atoms with Crippen LogP contribution in [0.3, 0.4) is 0 Å². The Bertz CT molecular complexity index is 1220. The lowest BCUT2D eigenvalue weighted by molar-refractivity contribution is 0.207. The molecule has 3 aromatic rings. The van der Waals surface area contributed by atoms with Gasteiger partial charge >= 0.3 is 6.03 Å². The zero-order valence-corrected chi connectivity index (χ0v) is 22.2. The fraction of sp³-hybridized carbons (Fsp3) is 0.448. The normalized spacial score (nSPS) is 20.6. The van der Waals surface area contributed by atoms with E-state index in [1.165, 1.54) is 29.8 Å². The molecule has 5 rings (SSSR count). The second-order valence-electron chi connectivity index (χ2n) is 10.3. The fourth-order valence-electron chi connectivity index (χ4n) is 5.22. The Balaban J connectivity index is 1.34. The first kappa shape index (κ1) is 24.8. The number of nitrogens with zero attached hydrogens (tertiary/aromatic N) is 3. The van der Waals surface area contributed by atoms with Crippen molar-refractivity contribution < 1.29 is 9.00 Å². The lowest BCUT2D eigenvalue weighted by Gasteiger charge is -2.21.